The minimum atomic E-state index is -0.778. The first-order chi connectivity index (χ1) is 18.8. The van der Waals surface area contributed by atoms with Crippen LogP contribution in [0, 0.1) is 5.92 Å². The molecule has 6 heteroatoms. The van der Waals surface area contributed by atoms with Gasteiger partial charge < -0.3 is 19.7 Å². The average molecular weight is 543 g/mol. The molecule has 0 aliphatic heterocycles. The molecule has 0 heterocycles. The molecule has 0 bridgehead atoms. The number of aliphatic hydroxyl groups is 2. The lowest BCUT2D eigenvalue weighted by Crippen LogP contribution is -2.39. The predicted octanol–water partition coefficient (Wildman–Crippen LogP) is 6.54. The quantitative estimate of drug-likeness (QED) is 0.124. The van der Waals surface area contributed by atoms with Gasteiger partial charge in [0.1, 0.15) is 13.2 Å². The second-order valence-electron chi connectivity index (χ2n) is 11.2. The first-order valence-corrected chi connectivity index (χ1v) is 14.8. The van der Waals surface area contributed by atoms with Crippen LogP contribution in [-0.2, 0) is 24.5 Å². The molecule has 1 aliphatic rings. The number of hydrogen-bond acceptors (Lipinski definition) is 6. The van der Waals surface area contributed by atoms with Crippen LogP contribution in [0.3, 0.4) is 0 Å². The number of carbonyl (C=O) groups excluding carboxylic acids is 2. The van der Waals surface area contributed by atoms with Crippen molar-refractivity contribution in [1.29, 1.82) is 0 Å². The highest BCUT2D eigenvalue weighted by atomic mass is 16.5. The number of aliphatic hydroxyl groups excluding tert-OH is 2. The highest BCUT2D eigenvalue weighted by molar-refractivity contribution is 5.88. The molecule has 6 nitrogen and oxygen atoms in total. The van der Waals surface area contributed by atoms with Gasteiger partial charge in [0, 0.05) is 0 Å². The third kappa shape index (κ3) is 10.2. The van der Waals surface area contributed by atoms with Gasteiger partial charge in [-0.2, -0.15) is 0 Å². The Labute approximate surface area is 235 Å². The Morgan fingerprint density at radius 3 is 1.85 bits per heavy atom. The van der Waals surface area contributed by atoms with Crippen molar-refractivity contribution in [2.24, 2.45) is 5.92 Å². The lowest BCUT2D eigenvalue weighted by Gasteiger charge is -2.34. The monoisotopic (exact) mass is 542 g/mol. The van der Waals surface area contributed by atoms with Crippen molar-refractivity contribution in [3.05, 3.63) is 59.7 Å². The van der Waals surface area contributed by atoms with Crippen LogP contribution in [0.4, 0.5) is 0 Å². The topological polar surface area (TPSA) is 93.1 Å². The Kier molecular flexibility index (Phi) is 14.5. The van der Waals surface area contributed by atoms with Gasteiger partial charge in [-0.05, 0) is 55.1 Å². The van der Waals surface area contributed by atoms with E-state index in [1.807, 2.05) is 6.92 Å². The Bertz CT molecular complexity index is 879. The summed E-state index contributed by atoms with van der Waals surface area (Å²) in [5.41, 5.74) is 1.40. The van der Waals surface area contributed by atoms with Crippen LogP contribution in [0.1, 0.15) is 108 Å². The summed E-state index contributed by atoms with van der Waals surface area (Å²) in [4.78, 5) is 24.6. The normalized spacial score (nSPS) is 17.4. The van der Waals surface area contributed by atoms with E-state index in [1.54, 1.807) is 0 Å². The van der Waals surface area contributed by atoms with Crippen LogP contribution in [0.25, 0.3) is 0 Å². The second-order valence-corrected chi connectivity index (χ2v) is 11.2. The lowest BCUT2D eigenvalue weighted by molar-refractivity contribution is -0.146. The van der Waals surface area contributed by atoms with E-state index < -0.39 is 30.6 Å². The number of unbranched alkanes of at least 4 members (excludes halogenated alkanes) is 4. The zero-order chi connectivity index (χ0) is 28.7. The van der Waals surface area contributed by atoms with Gasteiger partial charge in [-0.15, -0.1) is 0 Å². The summed E-state index contributed by atoms with van der Waals surface area (Å²) in [6, 6.07) is 8.46. The fraction of sp³-hybridized carbons (Fsp3) is 0.636. The van der Waals surface area contributed by atoms with E-state index in [9.17, 15) is 19.8 Å². The molecule has 1 fully saturated rings. The van der Waals surface area contributed by atoms with Crippen LogP contribution in [0.15, 0.2) is 48.6 Å². The summed E-state index contributed by atoms with van der Waals surface area (Å²) < 4.78 is 11.1. The first kappa shape index (κ1) is 32.8. The highest BCUT2D eigenvalue weighted by Crippen LogP contribution is 2.39. The molecule has 1 aromatic rings. The molecule has 0 radical (unpaired) electrons. The maximum atomic E-state index is 12.3. The molecular weight excluding hydrogens is 492 g/mol. The van der Waals surface area contributed by atoms with Crippen LogP contribution >= 0.6 is 0 Å². The Morgan fingerprint density at radius 2 is 1.36 bits per heavy atom. The summed E-state index contributed by atoms with van der Waals surface area (Å²) in [5, 5.41) is 18.5. The predicted molar refractivity (Wildman–Crippen MR) is 155 cm³/mol. The van der Waals surface area contributed by atoms with Gasteiger partial charge in [0.05, 0.1) is 29.8 Å². The standard InChI is InChI=1S/C33H50O6/c1-5-7-8-9-10-11-27-12-14-28(15-13-27)29-16-18-30(19-17-29)33(20-6-2,23-38-31(36)25(3)21-34)24-39-32(37)26(4)22-35/h16-19,27-28,34-35H,3-15,20-24H2,1-2H3. The highest BCUT2D eigenvalue weighted by Gasteiger charge is 2.36. The van der Waals surface area contributed by atoms with Gasteiger partial charge in [-0.25, -0.2) is 9.59 Å². The molecule has 0 saturated heterocycles. The van der Waals surface area contributed by atoms with Crippen LogP contribution in [-0.4, -0.2) is 48.6 Å². The summed E-state index contributed by atoms with van der Waals surface area (Å²) >= 11 is 0. The number of esters is 2. The van der Waals surface area contributed by atoms with E-state index in [4.69, 9.17) is 9.47 Å². The number of ether oxygens (including phenoxy) is 2. The van der Waals surface area contributed by atoms with Crippen LogP contribution < -0.4 is 0 Å². The smallest absolute Gasteiger partial charge is 0.335 e. The molecule has 1 aromatic carbocycles. The van der Waals surface area contributed by atoms with Gasteiger partial charge in [0.2, 0.25) is 0 Å². The first-order valence-electron chi connectivity index (χ1n) is 14.8. The van der Waals surface area contributed by atoms with E-state index in [2.05, 4.69) is 44.3 Å². The van der Waals surface area contributed by atoms with Crippen molar-refractivity contribution in [2.45, 2.75) is 102 Å². The summed E-state index contributed by atoms with van der Waals surface area (Å²) in [7, 11) is 0. The molecule has 2 N–H and O–H groups in total. The van der Waals surface area contributed by atoms with Crippen LogP contribution in [0.2, 0.25) is 0 Å². The number of rotatable bonds is 18. The van der Waals surface area contributed by atoms with Gasteiger partial charge in [-0.1, -0.05) is 96.2 Å². The van der Waals surface area contributed by atoms with Gasteiger partial charge in [0.25, 0.3) is 0 Å². The molecule has 218 valence electrons. The third-order valence-electron chi connectivity index (χ3n) is 8.20. The van der Waals surface area contributed by atoms with Crippen molar-refractivity contribution < 1.29 is 29.3 Å². The van der Waals surface area contributed by atoms with E-state index in [1.165, 1.54) is 69.8 Å². The number of benzene rings is 1. The van der Waals surface area contributed by atoms with Crippen molar-refractivity contribution in [1.82, 2.24) is 0 Å². The molecule has 0 amide bonds. The van der Waals surface area contributed by atoms with Gasteiger partial charge >= 0.3 is 11.9 Å². The van der Waals surface area contributed by atoms with Gasteiger partial charge in [-0.3, -0.25) is 0 Å². The molecule has 0 unspecified atom stereocenters. The molecule has 0 spiro atoms. The van der Waals surface area contributed by atoms with Crippen molar-refractivity contribution in [2.75, 3.05) is 26.4 Å². The maximum Gasteiger partial charge on any atom is 0.335 e. The van der Waals surface area contributed by atoms with Crippen molar-refractivity contribution in [3.63, 3.8) is 0 Å². The SMILES string of the molecule is C=C(CO)C(=O)OCC(CCC)(COC(=O)C(=C)CO)c1ccc(C2CCC(CCCCCCC)CC2)cc1. The zero-order valence-corrected chi connectivity index (χ0v) is 24.2. The van der Waals surface area contributed by atoms with E-state index >= 15 is 0 Å². The minimum absolute atomic E-state index is 0.0275. The number of carbonyl (C=O) groups is 2. The maximum absolute atomic E-state index is 12.3. The molecule has 1 saturated carbocycles. The number of hydrogen-bond donors (Lipinski definition) is 2. The molecule has 0 aromatic heterocycles. The van der Waals surface area contributed by atoms with E-state index in [0.29, 0.717) is 12.3 Å². The fourth-order valence-electron chi connectivity index (χ4n) is 5.65. The molecule has 0 atom stereocenters. The van der Waals surface area contributed by atoms with Crippen LogP contribution in [0.5, 0.6) is 0 Å². The molecule has 2 rings (SSSR count). The average Bonchev–Trinajstić information content (AvgIpc) is 2.97. The summed E-state index contributed by atoms with van der Waals surface area (Å²) in [5.74, 6) is 0.0454. The largest absolute Gasteiger partial charge is 0.461 e. The fourth-order valence-corrected chi connectivity index (χ4v) is 5.65. The Balaban J connectivity index is 2.12. The Morgan fingerprint density at radius 1 is 0.821 bits per heavy atom. The second kappa shape index (κ2) is 17.3. The molecule has 39 heavy (non-hydrogen) atoms. The molecule has 1 aliphatic carbocycles. The Hall–Kier alpha value is -2.44. The van der Waals surface area contributed by atoms with Crippen molar-refractivity contribution >= 4 is 11.9 Å². The lowest BCUT2D eigenvalue weighted by atomic mass is 9.75. The third-order valence-corrected chi connectivity index (χ3v) is 8.20. The summed E-state index contributed by atoms with van der Waals surface area (Å²) in [6.45, 7) is 10.4. The van der Waals surface area contributed by atoms with Crippen molar-refractivity contribution in [3.8, 4) is 0 Å². The zero-order valence-electron chi connectivity index (χ0n) is 24.2. The van der Waals surface area contributed by atoms with E-state index in [-0.39, 0.29) is 24.4 Å². The van der Waals surface area contributed by atoms with E-state index in [0.717, 1.165) is 17.9 Å². The summed E-state index contributed by atoms with van der Waals surface area (Å²) in [6.07, 6.45) is 14.4. The van der Waals surface area contributed by atoms with Gasteiger partial charge in [0.15, 0.2) is 0 Å². The minimum Gasteiger partial charge on any atom is -0.461 e. The molecular formula is C33H50O6.